The lowest BCUT2D eigenvalue weighted by molar-refractivity contribution is -0.118. The quantitative estimate of drug-likeness (QED) is 0.480. The standard InChI is InChI=1S/C8H18N2O2/c1-6(7(2)11)10-5-3-4-8(9)12/h6-7,10-11H,3-5H2,1-2H3,(H2,9,12). The van der Waals surface area contributed by atoms with Gasteiger partial charge in [-0.15, -0.1) is 0 Å². The first-order chi connectivity index (χ1) is 5.54. The summed E-state index contributed by atoms with van der Waals surface area (Å²) in [7, 11) is 0. The van der Waals surface area contributed by atoms with Crippen molar-refractivity contribution in [3.63, 3.8) is 0 Å². The lowest BCUT2D eigenvalue weighted by Crippen LogP contribution is -2.36. The zero-order chi connectivity index (χ0) is 9.56. The van der Waals surface area contributed by atoms with Crippen LogP contribution in [0.25, 0.3) is 0 Å². The van der Waals surface area contributed by atoms with Crippen molar-refractivity contribution in [1.82, 2.24) is 5.32 Å². The van der Waals surface area contributed by atoms with Crippen LogP contribution in [0.1, 0.15) is 26.7 Å². The first kappa shape index (κ1) is 11.4. The van der Waals surface area contributed by atoms with Gasteiger partial charge in [0.05, 0.1) is 6.10 Å². The summed E-state index contributed by atoms with van der Waals surface area (Å²) >= 11 is 0. The first-order valence-electron chi connectivity index (χ1n) is 4.23. The molecule has 0 aromatic rings. The number of nitrogens with two attached hydrogens (primary N) is 1. The molecule has 0 heterocycles. The second-order valence-electron chi connectivity index (χ2n) is 3.05. The van der Waals surface area contributed by atoms with Gasteiger partial charge in [-0.25, -0.2) is 0 Å². The van der Waals surface area contributed by atoms with Crippen molar-refractivity contribution in [2.75, 3.05) is 6.54 Å². The molecule has 72 valence electrons. The Morgan fingerprint density at radius 3 is 2.58 bits per heavy atom. The first-order valence-corrected chi connectivity index (χ1v) is 4.23. The van der Waals surface area contributed by atoms with E-state index in [0.29, 0.717) is 6.42 Å². The van der Waals surface area contributed by atoms with Crippen LogP contribution in [-0.4, -0.2) is 29.7 Å². The molecular weight excluding hydrogens is 156 g/mol. The van der Waals surface area contributed by atoms with E-state index in [4.69, 9.17) is 10.8 Å². The fraction of sp³-hybridized carbons (Fsp3) is 0.875. The maximum atomic E-state index is 10.3. The van der Waals surface area contributed by atoms with Crippen LogP contribution in [0.5, 0.6) is 0 Å². The zero-order valence-electron chi connectivity index (χ0n) is 7.71. The maximum Gasteiger partial charge on any atom is 0.217 e. The molecule has 0 rings (SSSR count). The van der Waals surface area contributed by atoms with Gasteiger partial charge >= 0.3 is 0 Å². The van der Waals surface area contributed by atoms with E-state index in [1.54, 1.807) is 6.92 Å². The van der Waals surface area contributed by atoms with Gasteiger partial charge in [-0.2, -0.15) is 0 Å². The Hall–Kier alpha value is -0.610. The van der Waals surface area contributed by atoms with Crippen molar-refractivity contribution in [1.29, 1.82) is 0 Å². The fourth-order valence-electron chi connectivity index (χ4n) is 0.763. The third-order valence-corrected chi connectivity index (χ3v) is 1.79. The highest BCUT2D eigenvalue weighted by Crippen LogP contribution is 1.91. The van der Waals surface area contributed by atoms with Crippen molar-refractivity contribution in [2.24, 2.45) is 5.73 Å². The number of rotatable bonds is 6. The third-order valence-electron chi connectivity index (χ3n) is 1.79. The minimum Gasteiger partial charge on any atom is -0.392 e. The molecule has 12 heavy (non-hydrogen) atoms. The molecule has 1 amide bonds. The van der Waals surface area contributed by atoms with Crippen LogP contribution < -0.4 is 11.1 Å². The molecule has 4 nitrogen and oxygen atoms in total. The van der Waals surface area contributed by atoms with Gasteiger partial charge in [0.15, 0.2) is 0 Å². The van der Waals surface area contributed by atoms with Gasteiger partial charge < -0.3 is 16.2 Å². The van der Waals surface area contributed by atoms with Gasteiger partial charge in [0, 0.05) is 12.5 Å². The van der Waals surface area contributed by atoms with Gasteiger partial charge in [-0.05, 0) is 26.8 Å². The predicted octanol–water partition coefficient (Wildman–Crippen LogP) is -0.389. The van der Waals surface area contributed by atoms with Crippen LogP contribution in [0.4, 0.5) is 0 Å². The van der Waals surface area contributed by atoms with Crippen LogP contribution in [0.3, 0.4) is 0 Å². The number of hydrogen-bond acceptors (Lipinski definition) is 3. The normalized spacial score (nSPS) is 15.6. The summed E-state index contributed by atoms with van der Waals surface area (Å²) in [6.45, 7) is 4.34. The highest BCUT2D eigenvalue weighted by atomic mass is 16.3. The van der Waals surface area contributed by atoms with E-state index in [2.05, 4.69) is 5.32 Å². The van der Waals surface area contributed by atoms with Crippen molar-refractivity contribution in [2.45, 2.75) is 38.8 Å². The summed E-state index contributed by atoms with van der Waals surface area (Å²) in [5.41, 5.74) is 4.95. The minimum absolute atomic E-state index is 0.0675. The van der Waals surface area contributed by atoms with E-state index in [0.717, 1.165) is 13.0 Å². The molecule has 2 atom stereocenters. The Morgan fingerprint density at radius 2 is 2.17 bits per heavy atom. The van der Waals surface area contributed by atoms with E-state index in [-0.39, 0.29) is 18.1 Å². The zero-order valence-corrected chi connectivity index (χ0v) is 7.71. The number of amides is 1. The van der Waals surface area contributed by atoms with E-state index in [1.165, 1.54) is 0 Å². The maximum absolute atomic E-state index is 10.3. The summed E-state index contributed by atoms with van der Waals surface area (Å²) in [4.78, 5) is 10.3. The Balaban J connectivity index is 3.25. The van der Waals surface area contributed by atoms with Crippen molar-refractivity contribution in [3.05, 3.63) is 0 Å². The van der Waals surface area contributed by atoms with E-state index in [1.807, 2.05) is 6.92 Å². The molecule has 0 spiro atoms. The second kappa shape index (κ2) is 5.97. The highest BCUT2D eigenvalue weighted by molar-refractivity contribution is 5.73. The molecule has 0 saturated heterocycles. The molecule has 0 aliphatic rings. The van der Waals surface area contributed by atoms with E-state index >= 15 is 0 Å². The number of aliphatic hydroxyl groups is 1. The third kappa shape index (κ3) is 6.12. The second-order valence-corrected chi connectivity index (χ2v) is 3.05. The van der Waals surface area contributed by atoms with Gasteiger partial charge in [0.25, 0.3) is 0 Å². The molecular formula is C8H18N2O2. The summed E-state index contributed by atoms with van der Waals surface area (Å²) in [5.74, 6) is -0.276. The minimum atomic E-state index is -0.362. The van der Waals surface area contributed by atoms with E-state index in [9.17, 15) is 4.79 Å². The predicted molar refractivity (Wildman–Crippen MR) is 47.6 cm³/mol. The van der Waals surface area contributed by atoms with Crippen LogP contribution in [-0.2, 0) is 4.79 Å². The molecule has 0 saturated carbocycles. The summed E-state index contributed by atoms with van der Waals surface area (Å²) < 4.78 is 0. The Morgan fingerprint density at radius 1 is 1.58 bits per heavy atom. The topological polar surface area (TPSA) is 75.3 Å². The summed E-state index contributed by atoms with van der Waals surface area (Å²) in [6.07, 6.45) is 0.768. The van der Waals surface area contributed by atoms with Gasteiger partial charge in [-0.1, -0.05) is 0 Å². The molecule has 0 aliphatic carbocycles. The van der Waals surface area contributed by atoms with Crippen molar-refractivity contribution >= 4 is 5.91 Å². The molecule has 0 aromatic carbocycles. The van der Waals surface area contributed by atoms with Gasteiger partial charge in [0.2, 0.25) is 5.91 Å². The molecule has 4 heteroatoms. The number of nitrogens with one attached hydrogen (secondary N) is 1. The van der Waals surface area contributed by atoms with Crippen LogP contribution in [0.15, 0.2) is 0 Å². The summed E-state index contributed by atoms with van der Waals surface area (Å²) in [6, 6.07) is 0.0675. The number of hydrogen-bond donors (Lipinski definition) is 3. The van der Waals surface area contributed by atoms with Crippen LogP contribution in [0, 0.1) is 0 Å². The SMILES string of the molecule is CC(O)C(C)NCCCC(N)=O. The lowest BCUT2D eigenvalue weighted by atomic mass is 10.2. The monoisotopic (exact) mass is 174 g/mol. The lowest BCUT2D eigenvalue weighted by Gasteiger charge is -2.15. The molecule has 2 unspecified atom stereocenters. The molecule has 4 N–H and O–H groups in total. The number of aliphatic hydroxyl groups excluding tert-OH is 1. The van der Waals surface area contributed by atoms with Gasteiger partial charge in [0.1, 0.15) is 0 Å². The van der Waals surface area contributed by atoms with Gasteiger partial charge in [-0.3, -0.25) is 4.79 Å². The van der Waals surface area contributed by atoms with Crippen LogP contribution >= 0.6 is 0 Å². The summed E-state index contributed by atoms with van der Waals surface area (Å²) in [5, 5.41) is 12.2. The number of carbonyl (C=O) groups excluding carboxylic acids is 1. The molecule has 0 aromatic heterocycles. The average Bonchev–Trinajstić information content (AvgIpc) is 1.97. The number of primary amides is 1. The number of carbonyl (C=O) groups is 1. The highest BCUT2D eigenvalue weighted by Gasteiger charge is 2.06. The average molecular weight is 174 g/mol. The molecule has 0 fully saturated rings. The van der Waals surface area contributed by atoms with Crippen molar-refractivity contribution in [3.8, 4) is 0 Å². The molecule has 0 bridgehead atoms. The van der Waals surface area contributed by atoms with Crippen molar-refractivity contribution < 1.29 is 9.90 Å². The fourth-order valence-corrected chi connectivity index (χ4v) is 0.763. The molecule has 0 aliphatic heterocycles. The smallest absolute Gasteiger partial charge is 0.217 e. The Bertz CT molecular complexity index is 137. The van der Waals surface area contributed by atoms with E-state index < -0.39 is 0 Å². The largest absolute Gasteiger partial charge is 0.392 e. The van der Waals surface area contributed by atoms with Crippen LogP contribution in [0.2, 0.25) is 0 Å². The molecule has 0 radical (unpaired) electrons. The Kier molecular flexibility index (Phi) is 5.66. The Labute approximate surface area is 73.1 Å².